The van der Waals surface area contributed by atoms with Crippen LogP contribution >= 0.6 is 11.6 Å². The third kappa shape index (κ3) is 2.00. The van der Waals surface area contributed by atoms with Gasteiger partial charge in [0.05, 0.1) is 0 Å². The number of hydrogen-bond acceptors (Lipinski definition) is 2. The van der Waals surface area contributed by atoms with Gasteiger partial charge in [0.15, 0.2) is 5.65 Å². The van der Waals surface area contributed by atoms with Crippen LogP contribution in [0.4, 0.5) is 4.39 Å². The highest BCUT2D eigenvalue weighted by Crippen LogP contribution is 2.22. The van der Waals surface area contributed by atoms with Crippen LogP contribution in [0.1, 0.15) is 16.8 Å². The molecular formula is C14H11ClFN3O. The van der Waals surface area contributed by atoms with Crippen molar-refractivity contribution in [2.75, 3.05) is 0 Å². The standard InChI is InChI=1S/C14H11ClFN3O/c1-8-9(7-10-11(15)3-2-4-12(10)16)14(20)19-13(18-8)5-6-17-19/h2-6,17H,7H2,1H3. The summed E-state index contributed by atoms with van der Waals surface area (Å²) in [4.78, 5) is 16.7. The number of aryl methyl sites for hydroxylation is 1. The first-order chi connectivity index (χ1) is 9.58. The summed E-state index contributed by atoms with van der Waals surface area (Å²) < 4.78 is 15.2. The van der Waals surface area contributed by atoms with E-state index in [0.29, 0.717) is 27.5 Å². The maximum absolute atomic E-state index is 13.8. The highest BCUT2D eigenvalue weighted by atomic mass is 35.5. The van der Waals surface area contributed by atoms with Crippen molar-refractivity contribution in [3.63, 3.8) is 0 Å². The van der Waals surface area contributed by atoms with E-state index >= 15 is 0 Å². The molecule has 0 fully saturated rings. The second-order valence-corrected chi connectivity index (χ2v) is 4.92. The smallest absolute Gasteiger partial charge is 0.276 e. The van der Waals surface area contributed by atoms with Gasteiger partial charge in [0.2, 0.25) is 0 Å². The summed E-state index contributed by atoms with van der Waals surface area (Å²) in [5.41, 5.74) is 1.61. The minimum absolute atomic E-state index is 0.116. The summed E-state index contributed by atoms with van der Waals surface area (Å²) >= 11 is 6.00. The third-order valence-electron chi connectivity index (χ3n) is 3.26. The van der Waals surface area contributed by atoms with Crippen LogP contribution in [0, 0.1) is 12.7 Å². The van der Waals surface area contributed by atoms with E-state index in [9.17, 15) is 9.18 Å². The summed E-state index contributed by atoms with van der Waals surface area (Å²) in [7, 11) is 0. The van der Waals surface area contributed by atoms with Crippen LogP contribution in [0.3, 0.4) is 0 Å². The average Bonchev–Trinajstić information content (AvgIpc) is 2.85. The van der Waals surface area contributed by atoms with Crippen LogP contribution in [-0.2, 0) is 6.42 Å². The van der Waals surface area contributed by atoms with E-state index in [-0.39, 0.29) is 12.0 Å². The number of aromatic amines is 1. The normalized spacial score (nSPS) is 11.2. The topological polar surface area (TPSA) is 50.2 Å². The molecule has 0 aliphatic rings. The monoisotopic (exact) mass is 291 g/mol. The summed E-state index contributed by atoms with van der Waals surface area (Å²) in [6.07, 6.45) is 1.74. The molecule has 3 rings (SSSR count). The van der Waals surface area contributed by atoms with Crippen LogP contribution in [0.15, 0.2) is 35.3 Å². The summed E-state index contributed by atoms with van der Waals surface area (Å²) in [5.74, 6) is -0.423. The van der Waals surface area contributed by atoms with Crippen molar-refractivity contribution in [2.24, 2.45) is 0 Å². The van der Waals surface area contributed by atoms with Gasteiger partial charge in [-0.05, 0) is 19.1 Å². The molecule has 1 aromatic carbocycles. The van der Waals surface area contributed by atoms with Gasteiger partial charge in [0, 0.05) is 40.5 Å². The summed E-state index contributed by atoms with van der Waals surface area (Å²) in [6.45, 7) is 1.73. The van der Waals surface area contributed by atoms with Gasteiger partial charge in [-0.3, -0.25) is 9.89 Å². The van der Waals surface area contributed by atoms with Crippen molar-refractivity contribution in [1.82, 2.24) is 14.6 Å². The number of aromatic nitrogens is 3. The quantitative estimate of drug-likeness (QED) is 0.789. The van der Waals surface area contributed by atoms with Crippen LogP contribution in [0.25, 0.3) is 5.65 Å². The highest BCUT2D eigenvalue weighted by Gasteiger charge is 2.15. The second kappa shape index (κ2) is 4.76. The maximum atomic E-state index is 13.8. The highest BCUT2D eigenvalue weighted by molar-refractivity contribution is 6.31. The number of fused-ring (bicyclic) bond motifs is 1. The molecule has 0 aliphatic carbocycles. The number of hydrogen-bond donors (Lipinski definition) is 1. The van der Waals surface area contributed by atoms with Gasteiger partial charge in [0.25, 0.3) is 5.56 Å². The van der Waals surface area contributed by atoms with E-state index in [1.54, 1.807) is 25.3 Å². The van der Waals surface area contributed by atoms with Crippen LogP contribution in [0.2, 0.25) is 5.02 Å². The van der Waals surface area contributed by atoms with Crippen molar-refractivity contribution >= 4 is 17.2 Å². The predicted octanol–water partition coefficient (Wildman–Crippen LogP) is 2.71. The number of nitrogens with one attached hydrogen (secondary N) is 1. The number of nitrogens with zero attached hydrogens (tertiary/aromatic N) is 2. The first kappa shape index (κ1) is 12.9. The lowest BCUT2D eigenvalue weighted by Gasteiger charge is -2.08. The molecule has 0 aliphatic heterocycles. The molecule has 0 unspecified atom stereocenters. The van der Waals surface area contributed by atoms with Crippen LogP contribution in [0.5, 0.6) is 0 Å². The van der Waals surface area contributed by atoms with Gasteiger partial charge in [-0.15, -0.1) is 0 Å². The minimum atomic E-state index is -0.423. The lowest BCUT2D eigenvalue weighted by molar-refractivity contribution is 0.613. The van der Waals surface area contributed by atoms with Crippen LogP contribution < -0.4 is 5.56 Å². The molecule has 0 spiro atoms. The maximum Gasteiger partial charge on any atom is 0.276 e. The summed E-state index contributed by atoms with van der Waals surface area (Å²) in [5, 5.41) is 3.09. The Morgan fingerprint density at radius 1 is 1.35 bits per heavy atom. The van der Waals surface area contributed by atoms with Crippen molar-refractivity contribution in [3.8, 4) is 0 Å². The molecule has 1 N–H and O–H groups in total. The molecule has 4 nitrogen and oxygen atoms in total. The molecule has 102 valence electrons. The van der Waals surface area contributed by atoms with E-state index in [1.165, 1.54) is 16.6 Å². The molecule has 6 heteroatoms. The zero-order chi connectivity index (χ0) is 14.3. The molecular weight excluding hydrogens is 281 g/mol. The third-order valence-corrected chi connectivity index (χ3v) is 3.61. The Labute approximate surface area is 118 Å². The van der Waals surface area contributed by atoms with Gasteiger partial charge in [-0.1, -0.05) is 17.7 Å². The van der Waals surface area contributed by atoms with Gasteiger partial charge in [-0.2, -0.15) is 0 Å². The average molecular weight is 292 g/mol. The lowest BCUT2D eigenvalue weighted by Crippen LogP contribution is -2.22. The van der Waals surface area contributed by atoms with Crippen molar-refractivity contribution in [1.29, 1.82) is 0 Å². The van der Waals surface area contributed by atoms with E-state index in [1.807, 2.05) is 0 Å². The first-order valence-corrected chi connectivity index (χ1v) is 6.44. The summed E-state index contributed by atoms with van der Waals surface area (Å²) in [6, 6.07) is 6.17. The Hall–Kier alpha value is -2.14. The van der Waals surface area contributed by atoms with Gasteiger partial charge in [0.1, 0.15) is 5.82 Å². The first-order valence-electron chi connectivity index (χ1n) is 6.06. The molecule has 0 saturated heterocycles. The van der Waals surface area contributed by atoms with E-state index < -0.39 is 5.82 Å². The van der Waals surface area contributed by atoms with Crippen molar-refractivity contribution < 1.29 is 4.39 Å². The zero-order valence-corrected chi connectivity index (χ0v) is 11.4. The Bertz CT molecular complexity index is 833. The Morgan fingerprint density at radius 3 is 2.90 bits per heavy atom. The largest absolute Gasteiger partial charge is 0.297 e. The Balaban J connectivity index is 2.18. The van der Waals surface area contributed by atoms with Crippen LogP contribution in [-0.4, -0.2) is 14.6 Å². The van der Waals surface area contributed by atoms with Gasteiger partial charge in [-0.25, -0.2) is 13.9 Å². The Kier molecular flexibility index (Phi) is 3.06. The molecule has 0 saturated carbocycles. The molecule has 2 aromatic heterocycles. The zero-order valence-electron chi connectivity index (χ0n) is 10.7. The number of rotatable bonds is 2. The van der Waals surface area contributed by atoms with E-state index in [0.717, 1.165) is 0 Å². The molecule has 20 heavy (non-hydrogen) atoms. The number of benzene rings is 1. The fourth-order valence-electron chi connectivity index (χ4n) is 2.19. The number of H-pyrrole nitrogens is 1. The van der Waals surface area contributed by atoms with E-state index in [2.05, 4.69) is 10.1 Å². The molecule has 0 radical (unpaired) electrons. The fraction of sp³-hybridized carbons (Fsp3) is 0.143. The van der Waals surface area contributed by atoms with Crippen molar-refractivity contribution in [3.05, 3.63) is 68.5 Å². The molecule has 0 atom stereocenters. The molecule has 0 amide bonds. The predicted molar refractivity (Wildman–Crippen MR) is 74.8 cm³/mol. The SMILES string of the molecule is Cc1nc2cc[nH]n2c(=O)c1Cc1c(F)cccc1Cl. The fourth-order valence-corrected chi connectivity index (χ4v) is 2.42. The molecule has 3 aromatic rings. The van der Waals surface area contributed by atoms with Gasteiger partial charge < -0.3 is 0 Å². The Morgan fingerprint density at radius 2 is 2.15 bits per heavy atom. The second-order valence-electron chi connectivity index (χ2n) is 4.51. The number of halogens is 2. The minimum Gasteiger partial charge on any atom is -0.297 e. The van der Waals surface area contributed by atoms with Gasteiger partial charge >= 0.3 is 0 Å². The molecule has 2 heterocycles. The lowest BCUT2D eigenvalue weighted by atomic mass is 10.0. The van der Waals surface area contributed by atoms with Crippen molar-refractivity contribution in [2.45, 2.75) is 13.3 Å². The molecule has 0 bridgehead atoms. The van der Waals surface area contributed by atoms with E-state index in [4.69, 9.17) is 11.6 Å².